The summed E-state index contributed by atoms with van der Waals surface area (Å²) in [7, 11) is -0.276. The van der Waals surface area contributed by atoms with Crippen LogP contribution < -0.4 is 0 Å². The molecule has 1 saturated heterocycles. The average Bonchev–Trinajstić information content (AvgIpc) is 2.63. The third kappa shape index (κ3) is 4.47. The maximum atomic E-state index is 10.0. The van der Waals surface area contributed by atoms with Gasteiger partial charge < -0.3 is 9.47 Å². The molecule has 0 N–H and O–H groups in total. The molecule has 0 radical (unpaired) electrons. The van der Waals surface area contributed by atoms with E-state index in [1.807, 2.05) is 0 Å². The maximum absolute atomic E-state index is 10.0. The SMILES string of the molecule is CCCCOC1COC(COP=O)C1. The molecule has 2 unspecified atom stereocenters. The third-order valence-electron chi connectivity index (χ3n) is 2.21. The van der Waals surface area contributed by atoms with Crippen LogP contribution in [0.5, 0.6) is 0 Å². The molecule has 1 aliphatic heterocycles. The first-order valence-corrected chi connectivity index (χ1v) is 5.77. The predicted molar refractivity (Wildman–Crippen MR) is 52.6 cm³/mol. The van der Waals surface area contributed by atoms with E-state index in [9.17, 15) is 4.57 Å². The number of hydrogen-bond acceptors (Lipinski definition) is 4. The van der Waals surface area contributed by atoms with Crippen LogP contribution in [-0.2, 0) is 18.6 Å². The highest BCUT2D eigenvalue weighted by molar-refractivity contribution is 7.17. The second-order valence-electron chi connectivity index (χ2n) is 3.41. The smallest absolute Gasteiger partial charge is 0.327 e. The zero-order valence-electron chi connectivity index (χ0n) is 8.48. The summed E-state index contributed by atoms with van der Waals surface area (Å²) in [4.78, 5) is 0. The molecule has 82 valence electrons. The topological polar surface area (TPSA) is 44.8 Å². The predicted octanol–water partition coefficient (Wildman–Crippen LogP) is 2.18. The molecule has 0 aromatic carbocycles. The number of unbranched alkanes of at least 4 members (excludes halogenated alkanes) is 1. The lowest BCUT2D eigenvalue weighted by molar-refractivity contribution is 0.0310. The molecule has 1 rings (SSSR count). The monoisotopic (exact) mass is 220 g/mol. The Hall–Kier alpha value is -0.0200. The van der Waals surface area contributed by atoms with Crippen molar-refractivity contribution in [2.24, 2.45) is 0 Å². The van der Waals surface area contributed by atoms with Gasteiger partial charge in [-0.05, 0) is 6.42 Å². The van der Waals surface area contributed by atoms with Crippen LogP contribution in [0.2, 0.25) is 0 Å². The second-order valence-corrected chi connectivity index (χ2v) is 3.81. The first kappa shape index (κ1) is 12.1. The van der Waals surface area contributed by atoms with Crippen molar-refractivity contribution < 1.29 is 18.6 Å². The molecule has 0 aromatic rings. The largest absolute Gasteiger partial charge is 0.376 e. The van der Waals surface area contributed by atoms with Crippen LogP contribution in [0.25, 0.3) is 0 Å². The van der Waals surface area contributed by atoms with Crippen molar-refractivity contribution >= 4 is 8.69 Å². The molecule has 1 fully saturated rings. The van der Waals surface area contributed by atoms with Crippen molar-refractivity contribution in [3.05, 3.63) is 0 Å². The van der Waals surface area contributed by atoms with Crippen LogP contribution in [0.1, 0.15) is 26.2 Å². The fourth-order valence-electron chi connectivity index (χ4n) is 1.41. The Balaban J connectivity index is 2.04. The molecule has 4 nitrogen and oxygen atoms in total. The van der Waals surface area contributed by atoms with E-state index in [1.165, 1.54) is 0 Å². The van der Waals surface area contributed by atoms with Crippen molar-refractivity contribution in [1.29, 1.82) is 0 Å². The van der Waals surface area contributed by atoms with Crippen molar-refractivity contribution in [3.63, 3.8) is 0 Å². The lowest BCUT2D eigenvalue weighted by Crippen LogP contribution is -2.15. The summed E-state index contributed by atoms with van der Waals surface area (Å²) in [5.74, 6) is 0. The highest BCUT2D eigenvalue weighted by atomic mass is 31.1. The third-order valence-corrected chi connectivity index (χ3v) is 2.46. The summed E-state index contributed by atoms with van der Waals surface area (Å²) >= 11 is 0. The van der Waals surface area contributed by atoms with Gasteiger partial charge in [0.2, 0.25) is 0 Å². The van der Waals surface area contributed by atoms with Gasteiger partial charge in [0.1, 0.15) is 0 Å². The minimum Gasteiger partial charge on any atom is -0.376 e. The van der Waals surface area contributed by atoms with E-state index < -0.39 is 0 Å². The molecule has 0 amide bonds. The van der Waals surface area contributed by atoms with E-state index >= 15 is 0 Å². The lowest BCUT2D eigenvalue weighted by Gasteiger charge is -2.08. The van der Waals surface area contributed by atoms with E-state index in [2.05, 4.69) is 6.92 Å². The van der Waals surface area contributed by atoms with E-state index in [4.69, 9.17) is 14.0 Å². The van der Waals surface area contributed by atoms with Crippen LogP contribution in [0.15, 0.2) is 0 Å². The molecule has 0 aliphatic carbocycles. The highest BCUT2D eigenvalue weighted by Gasteiger charge is 2.25. The fourth-order valence-corrected chi connectivity index (χ4v) is 1.64. The molecule has 5 heteroatoms. The van der Waals surface area contributed by atoms with Crippen LogP contribution in [0.3, 0.4) is 0 Å². The van der Waals surface area contributed by atoms with Gasteiger partial charge in [0.05, 0.1) is 25.4 Å². The Morgan fingerprint density at radius 2 is 2.43 bits per heavy atom. The second kappa shape index (κ2) is 7.30. The van der Waals surface area contributed by atoms with Crippen molar-refractivity contribution in [2.45, 2.75) is 38.4 Å². The zero-order chi connectivity index (χ0) is 10.2. The standard InChI is InChI=1S/C9H17O4P/c1-2-3-4-11-8-5-9(12-6-8)7-13-14-10/h8-9H,2-7H2,1H3. The van der Waals surface area contributed by atoms with Crippen LogP contribution in [0.4, 0.5) is 0 Å². The summed E-state index contributed by atoms with van der Waals surface area (Å²) < 4.78 is 25.8. The Bertz CT molecular complexity index is 165. The van der Waals surface area contributed by atoms with Gasteiger partial charge in [0.15, 0.2) is 0 Å². The Morgan fingerprint density at radius 1 is 1.57 bits per heavy atom. The molecular weight excluding hydrogens is 203 g/mol. The summed E-state index contributed by atoms with van der Waals surface area (Å²) in [5.41, 5.74) is 0. The van der Waals surface area contributed by atoms with E-state index in [1.54, 1.807) is 0 Å². The van der Waals surface area contributed by atoms with E-state index in [0.717, 1.165) is 25.9 Å². The van der Waals surface area contributed by atoms with Gasteiger partial charge in [0, 0.05) is 13.0 Å². The Labute approximate surface area is 86.2 Å². The van der Waals surface area contributed by atoms with Gasteiger partial charge in [-0.25, -0.2) is 4.57 Å². The molecule has 0 bridgehead atoms. The molecular formula is C9H17O4P. The number of rotatable bonds is 7. The molecule has 0 saturated carbocycles. The van der Waals surface area contributed by atoms with Crippen molar-refractivity contribution in [2.75, 3.05) is 19.8 Å². The van der Waals surface area contributed by atoms with Crippen molar-refractivity contribution in [3.8, 4) is 0 Å². The minimum atomic E-state index is -0.276. The first-order chi connectivity index (χ1) is 6.86. The summed E-state index contributed by atoms with van der Waals surface area (Å²) in [6.45, 7) is 3.96. The van der Waals surface area contributed by atoms with Gasteiger partial charge in [-0.3, -0.25) is 4.52 Å². The minimum absolute atomic E-state index is 0.0445. The van der Waals surface area contributed by atoms with Gasteiger partial charge in [-0.1, -0.05) is 13.3 Å². The normalized spacial score (nSPS) is 27.2. The van der Waals surface area contributed by atoms with E-state index in [0.29, 0.717) is 13.2 Å². The van der Waals surface area contributed by atoms with Crippen LogP contribution >= 0.6 is 8.69 Å². The molecule has 0 aromatic heterocycles. The Kier molecular flexibility index (Phi) is 6.28. The molecule has 14 heavy (non-hydrogen) atoms. The molecule has 2 atom stereocenters. The highest BCUT2D eigenvalue weighted by Crippen LogP contribution is 2.18. The maximum Gasteiger partial charge on any atom is 0.327 e. The van der Waals surface area contributed by atoms with Gasteiger partial charge >= 0.3 is 8.69 Å². The first-order valence-electron chi connectivity index (χ1n) is 5.04. The molecule has 1 heterocycles. The lowest BCUT2D eigenvalue weighted by atomic mass is 10.2. The average molecular weight is 220 g/mol. The number of ether oxygens (including phenoxy) is 2. The number of hydrogen-bond donors (Lipinski definition) is 0. The quantitative estimate of drug-likeness (QED) is 0.487. The summed E-state index contributed by atoms with van der Waals surface area (Å²) in [6.07, 6.45) is 3.33. The fraction of sp³-hybridized carbons (Fsp3) is 1.00. The zero-order valence-corrected chi connectivity index (χ0v) is 9.37. The van der Waals surface area contributed by atoms with E-state index in [-0.39, 0.29) is 20.9 Å². The summed E-state index contributed by atoms with van der Waals surface area (Å²) in [5, 5.41) is 0. The van der Waals surface area contributed by atoms with Gasteiger partial charge in [0.25, 0.3) is 0 Å². The summed E-state index contributed by atoms with van der Waals surface area (Å²) in [6, 6.07) is 0. The molecule has 0 spiro atoms. The Morgan fingerprint density at radius 3 is 3.14 bits per heavy atom. The van der Waals surface area contributed by atoms with Crippen LogP contribution in [0, 0.1) is 0 Å². The van der Waals surface area contributed by atoms with Gasteiger partial charge in [-0.2, -0.15) is 0 Å². The van der Waals surface area contributed by atoms with Crippen LogP contribution in [-0.4, -0.2) is 32.0 Å². The van der Waals surface area contributed by atoms with Gasteiger partial charge in [-0.15, -0.1) is 0 Å². The molecule has 1 aliphatic rings. The van der Waals surface area contributed by atoms with Crippen molar-refractivity contribution in [1.82, 2.24) is 0 Å².